The molecule has 2 N–H and O–H groups in total. The number of nitrogens with one attached hydrogen (secondary N) is 2. The van der Waals surface area contributed by atoms with Crippen LogP contribution in [0.4, 0.5) is 5.69 Å². The summed E-state index contributed by atoms with van der Waals surface area (Å²) < 4.78 is 1.61. The maximum absolute atomic E-state index is 12.9. The van der Waals surface area contributed by atoms with Gasteiger partial charge in [0.05, 0.1) is 16.2 Å². The highest BCUT2D eigenvalue weighted by molar-refractivity contribution is 6.34. The molecule has 0 bridgehead atoms. The van der Waals surface area contributed by atoms with Crippen LogP contribution in [0.25, 0.3) is 5.52 Å². The Bertz CT molecular complexity index is 1020. The second-order valence-electron chi connectivity index (χ2n) is 6.74. The van der Waals surface area contributed by atoms with Crippen molar-refractivity contribution in [1.82, 2.24) is 14.7 Å². The number of rotatable bonds is 6. The van der Waals surface area contributed by atoms with Gasteiger partial charge in [-0.1, -0.05) is 37.1 Å². The van der Waals surface area contributed by atoms with Crippen molar-refractivity contribution in [2.75, 3.05) is 11.9 Å². The number of imidazole rings is 1. The monoisotopic (exact) mass is 398 g/mol. The Balaban J connectivity index is 1.95. The number of fused-ring (bicyclic) bond motifs is 1. The number of aromatic nitrogens is 2. The van der Waals surface area contributed by atoms with Gasteiger partial charge in [-0.15, -0.1) is 0 Å². The molecule has 146 valence electrons. The van der Waals surface area contributed by atoms with Gasteiger partial charge < -0.3 is 10.6 Å². The number of pyridine rings is 1. The quantitative estimate of drug-likeness (QED) is 0.605. The van der Waals surface area contributed by atoms with E-state index in [0.29, 0.717) is 22.8 Å². The van der Waals surface area contributed by atoms with E-state index < -0.39 is 5.91 Å². The lowest BCUT2D eigenvalue weighted by Crippen LogP contribution is -2.25. The molecule has 0 aliphatic heterocycles. The first-order chi connectivity index (χ1) is 13.4. The van der Waals surface area contributed by atoms with Crippen LogP contribution in [0, 0.1) is 13.8 Å². The number of carbonyl (C=O) groups excluding carboxylic acids is 2. The van der Waals surface area contributed by atoms with Gasteiger partial charge in [0.15, 0.2) is 5.69 Å². The van der Waals surface area contributed by atoms with Crippen LogP contribution >= 0.6 is 11.6 Å². The van der Waals surface area contributed by atoms with Crippen LogP contribution in [0.1, 0.15) is 52.0 Å². The fourth-order valence-corrected chi connectivity index (χ4v) is 3.44. The molecule has 2 amide bonds. The lowest BCUT2D eigenvalue weighted by Gasteiger charge is -2.11. The SMILES string of the molecule is CCCCNC(=O)c1nc(C(=O)Nc2c(C)cc(C)cc2Cl)n2ccccc12. The third kappa shape index (κ3) is 4.02. The molecule has 3 aromatic rings. The number of halogens is 1. The molecule has 6 nitrogen and oxygen atoms in total. The highest BCUT2D eigenvalue weighted by Crippen LogP contribution is 2.28. The smallest absolute Gasteiger partial charge is 0.292 e. The third-order valence-electron chi connectivity index (χ3n) is 4.45. The summed E-state index contributed by atoms with van der Waals surface area (Å²) in [6, 6.07) is 9.09. The molecule has 2 heterocycles. The van der Waals surface area contributed by atoms with Crippen LogP contribution in [0.3, 0.4) is 0 Å². The molecule has 3 rings (SSSR count). The summed E-state index contributed by atoms with van der Waals surface area (Å²) in [5.74, 6) is -0.587. The van der Waals surface area contributed by atoms with Crippen LogP contribution in [-0.4, -0.2) is 27.7 Å². The lowest BCUT2D eigenvalue weighted by atomic mass is 10.1. The van der Waals surface area contributed by atoms with Crippen molar-refractivity contribution < 1.29 is 9.59 Å². The number of amides is 2. The first kappa shape index (κ1) is 19.9. The molecule has 28 heavy (non-hydrogen) atoms. The fourth-order valence-electron chi connectivity index (χ4n) is 3.07. The summed E-state index contributed by atoms with van der Waals surface area (Å²) in [7, 11) is 0. The average molecular weight is 399 g/mol. The molecular formula is C21H23ClN4O2. The summed E-state index contributed by atoms with van der Waals surface area (Å²) in [5.41, 5.74) is 3.22. The fraction of sp³-hybridized carbons (Fsp3) is 0.286. The highest BCUT2D eigenvalue weighted by Gasteiger charge is 2.22. The summed E-state index contributed by atoms with van der Waals surface area (Å²) in [6.07, 6.45) is 3.58. The van der Waals surface area contributed by atoms with E-state index in [4.69, 9.17) is 11.6 Å². The molecule has 0 atom stereocenters. The second kappa shape index (κ2) is 8.44. The topological polar surface area (TPSA) is 75.5 Å². The number of carbonyl (C=O) groups is 2. The zero-order valence-corrected chi connectivity index (χ0v) is 16.9. The minimum Gasteiger partial charge on any atom is -0.351 e. The first-order valence-electron chi connectivity index (χ1n) is 9.25. The molecule has 7 heteroatoms. The van der Waals surface area contributed by atoms with Gasteiger partial charge in [-0.05, 0) is 49.6 Å². The maximum atomic E-state index is 12.9. The Labute approximate surface area is 168 Å². The van der Waals surface area contributed by atoms with Gasteiger partial charge >= 0.3 is 0 Å². The van der Waals surface area contributed by atoms with Crippen molar-refractivity contribution in [2.45, 2.75) is 33.6 Å². The van der Waals surface area contributed by atoms with Crippen molar-refractivity contribution in [1.29, 1.82) is 0 Å². The van der Waals surface area contributed by atoms with E-state index in [2.05, 4.69) is 22.5 Å². The zero-order valence-electron chi connectivity index (χ0n) is 16.2. The molecule has 1 aromatic carbocycles. The van der Waals surface area contributed by atoms with E-state index in [1.54, 1.807) is 28.8 Å². The Morgan fingerprint density at radius 1 is 1.18 bits per heavy atom. The first-order valence-corrected chi connectivity index (χ1v) is 9.63. The zero-order chi connectivity index (χ0) is 20.3. The van der Waals surface area contributed by atoms with Gasteiger partial charge in [0.2, 0.25) is 5.82 Å². The van der Waals surface area contributed by atoms with Crippen molar-refractivity contribution in [2.24, 2.45) is 0 Å². The molecule has 0 fully saturated rings. The van der Waals surface area contributed by atoms with Crippen LogP contribution in [0.15, 0.2) is 36.5 Å². The number of benzene rings is 1. The number of nitrogens with zero attached hydrogens (tertiary/aromatic N) is 2. The number of hydrogen-bond acceptors (Lipinski definition) is 3. The van der Waals surface area contributed by atoms with Gasteiger partial charge in [0.1, 0.15) is 0 Å². The Morgan fingerprint density at radius 2 is 1.96 bits per heavy atom. The molecule has 0 aliphatic carbocycles. The number of unbranched alkanes of at least 4 members (excludes halogenated alkanes) is 1. The van der Waals surface area contributed by atoms with Crippen LogP contribution in [0.5, 0.6) is 0 Å². The van der Waals surface area contributed by atoms with Crippen LogP contribution in [-0.2, 0) is 0 Å². The molecule has 0 spiro atoms. The normalized spacial score (nSPS) is 10.9. The van der Waals surface area contributed by atoms with Crippen molar-refractivity contribution in [3.63, 3.8) is 0 Å². The number of anilines is 1. The number of hydrogen-bond donors (Lipinski definition) is 2. The molecule has 2 aromatic heterocycles. The Morgan fingerprint density at radius 3 is 2.68 bits per heavy atom. The minimum absolute atomic E-state index is 0.132. The predicted octanol–water partition coefficient (Wildman–Crippen LogP) is 4.39. The third-order valence-corrected chi connectivity index (χ3v) is 4.75. The molecular weight excluding hydrogens is 376 g/mol. The van der Waals surface area contributed by atoms with Gasteiger partial charge in [0, 0.05) is 12.7 Å². The van der Waals surface area contributed by atoms with Crippen LogP contribution in [0.2, 0.25) is 5.02 Å². The molecule has 0 radical (unpaired) electrons. The van der Waals surface area contributed by atoms with Gasteiger partial charge in [-0.2, -0.15) is 0 Å². The maximum Gasteiger partial charge on any atom is 0.292 e. The summed E-state index contributed by atoms with van der Waals surface area (Å²) >= 11 is 6.31. The van der Waals surface area contributed by atoms with Crippen LogP contribution < -0.4 is 10.6 Å². The second-order valence-corrected chi connectivity index (χ2v) is 7.15. The Kier molecular flexibility index (Phi) is 5.99. The molecule has 0 unspecified atom stereocenters. The molecule has 0 aliphatic rings. The minimum atomic E-state index is -0.428. The lowest BCUT2D eigenvalue weighted by molar-refractivity contribution is 0.0950. The van der Waals surface area contributed by atoms with Crippen molar-refractivity contribution >= 4 is 34.6 Å². The predicted molar refractivity (Wildman–Crippen MR) is 111 cm³/mol. The number of aryl methyl sites for hydroxylation is 2. The molecule has 0 saturated carbocycles. The van der Waals surface area contributed by atoms with E-state index in [1.165, 1.54) is 0 Å². The van der Waals surface area contributed by atoms with E-state index in [0.717, 1.165) is 24.0 Å². The van der Waals surface area contributed by atoms with Gasteiger partial charge in [-0.3, -0.25) is 14.0 Å². The molecule has 0 saturated heterocycles. The van der Waals surface area contributed by atoms with Crippen molar-refractivity contribution in [3.05, 3.63) is 64.2 Å². The summed E-state index contributed by atoms with van der Waals surface area (Å²) in [5, 5.41) is 6.15. The van der Waals surface area contributed by atoms with E-state index >= 15 is 0 Å². The van der Waals surface area contributed by atoms with E-state index in [1.807, 2.05) is 26.0 Å². The summed E-state index contributed by atoms with van der Waals surface area (Å²) in [6.45, 7) is 6.44. The van der Waals surface area contributed by atoms with Gasteiger partial charge in [-0.25, -0.2) is 4.98 Å². The largest absolute Gasteiger partial charge is 0.351 e. The highest BCUT2D eigenvalue weighted by atomic mass is 35.5. The van der Waals surface area contributed by atoms with Crippen molar-refractivity contribution in [3.8, 4) is 0 Å². The Hall–Kier alpha value is -2.86. The average Bonchev–Trinajstić information content (AvgIpc) is 3.04. The van der Waals surface area contributed by atoms with E-state index in [-0.39, 0.29) is 17.4 Å². The van der Waals surface area contributed by atoms with E-state index in [9.17, 15) is 9.59 Å². The standard InChI is InChI=1S/C21H23ClN4O2/c1-4-5-9-23-20(27)18-16-8-6-7-10-26(16)19(24-18)21(28)25-17-14(3)11-13(2)12-15(17)22/h6-8,10-12H,4-5,9H2,1-3H3,(H,23,27)(H,25,28). The van der Waals surface area contributed by atoms with Gasteiger partial charge in [0.25, 0.3) is 11.8 Å². The summed E-state index contributed by atoms with van der Waals surface area (Å²) in [4.78, 5) is 29.8.